The zero-order valence-electron chi connectivity index (χ0n) is 22.1. The lowest BCUT2D eigenvalue weighted by atomic mass is 9.86. The highest BCUT2D eigenvalue weighted by atomic mass is 16.7. The molecule has 0 radical (unpaired) electrons. The number of nitrogens with zero attached hydrogens (tertiary/aromatic N) is 2. The van der Waals surface area contributed by atoms with Crippen LogP contribution in [0.1, 0.15) is 22.9 Å². The SMILES string of the molecule is COc1cc([C@@H]2c3[nH]c4ccccc4c3CC3C(=O)N(C)CC(=O)N32)ccc1O[C@@H]1O[C@H](C(=O)O)[C@@H](O)[C@H](O)[C@H]1O. The number of ether oxygens (including phenoxy) is 3. The molecule has 3 aliphatic heterocycles. The van der Waals surface area contributed by atoms with Crippen LogP contribution in [0.25, 0.3) is 10.9 Å². The summed E-state index contributed by atoms with van der Waals surface area (Å²) in [7, 11) is 2.99. The molecule has 216 valence electrons. The van der Waals surface area contributed by atoms with Crippen molar-refractivity contribution in [2.75, 3.05) is 20.7 Å². The van der Waals surface area contributed by atoms with Gasteiger partial charge >= 0.3 is 5.97 Å². The lowest BCUT2D eigenvalue weighted by molar-refractivity contribution is -0.271. The minimum atomic E-state index is -1.86. The van der Waals surface area contributed by atoms with Crippen LogP contribution in [0.5, 0.6) is 11.5 Å². The number of fused-ring (bicyclic) bond motifs is 4. The van der Waals surface area contributed by atoms with E-state index in [1.807, 2.05) is 24.3 Å². The Morgan fingerprint density at radius 3 is 2.54 bits per heavy atom. The fourth-order valence-electron chi connectivity index (χ4n) is 5.98. The van der Waals surface area contributed by atoms with Gasteiger partial charge in [0.15, 0.2) is 17.6 Å². The highest BCUT2D eigenvalue weighted by Crippen LogP contribution is 2.44. The summed E-state index contributed by atoms with van der Waals surface area (Å²) >= 11 is 0. The largest absolute Gasteiger partial charge is 0.493 e. The van der Waals surface area contributed by atoms with Crippen molar-refractivity contribution in [1.29, 1.82) is 0 Å². The summed E-state index contributed by atoms with van der Waals surface area (Å²) in [4.78, 5) is 44.6. The van der Waals surface area contributed by atoms with Crippen molar-refractivity contribution < 1.29 is 49.0 Å². The Bertz CT molecular complexity index is 1540. The number of aliphatic hydroxyl groups excluding tert-OH is 3. The fourth-order valence-corrected chi connectivity index (χ4v) is 5.98. The molecule has 0 bridgehead atoms. The van der Waals surface area contributed by atoms with Crippen LogP contribution in [0, 0.1) is 0 Å². The number of H-pyrrole nitrogens is 1. The number of piperazine rings is 1. The van der Waals surface area contributed by atoms with Gasteiger partial charge in [0.05, 0.1) is 19.7 Å². The Kier molecular flexibility index (Phi) is 6.61. The molecule has 2 aromatic carbocycles. The Morgan fingerprint density at radius 1 is 1.05 bits per heavy atom. The molecule has 1 unspecified atom stereocenters. The Labute approximate surface area is 233 Å². The van der Waals surface area contributed by atoms with Crippen molar-refractivity contribution in [3.8, 4) is 11.5 Å². The molecule has 1 aromatic heterocycles. The van der Waals surface area contributed by atoms with E-state index in [1.54, 1.807) is 24.1 Å². The molecule has 7 atom stereocenters. The average Bonchev–Trinajstić information content (AvgIpc) is 3.33. The highest BCUT2D eigenvalue weighted by molar-refractivity contribution is 5.97. The summed E-state index contributed by atoms with van der Waals surface area (Å²) in [5.41, 5.74) is 3.20. The number of carbonyl (C=O) groups is 3. The number of para-hydroxylation sites is 1. The number of carbonyl (C=O) groups excluding carboxylic acids is 2. The van der Waals surface area contributed by atoms with Crippen LogP contribution >= 0.6 is 0 Å². The molecule has 0 saturated carbocycles. The first-order chi connectivity index (χ1) is 19.6. The normalized spacial score (nSPS) is 29.7. The molecule has 6 rings (SSSR count). The van der Waals surface area contributed by atoms with E-state index in [-0.39, 0.29) is 29.9 Å². The smallest absolute Gasteiger partial charge is 0.335 e. The number of aliphatic carboxylic acids is 1. The maximum atomic E-state index is 13.4. The molecule has 2 fully saturated rings. The molecule has 3 aliphatic rings. The van der Waals surface area contributed by atoms with E-state index in [4.69, 9.17) is 14.2 Å². The number of rotatable bonds is 5. The van der Waals surface area contributed by atoms with Crippen molar-refractivity contribution in [2.24, 2.45) is 0 Å². The van der Waals surface area contributed by atoms with Crippen LogP contribution in [-0.2, 0) is 25.5 Å². The van der Waals surface area contributed by atoms with Gasteiger partial charge in [-0.3, -0.25) is 9.59 Å². The maximum Gasteiger partial charge on any atom is 0.335 e. The molecule has 4 heterocycles. The molecule has 41 heavy (non-hydrogen) atoms. The van der Waals surface area contributed by atoms with Crippen molar-refractivity contribution in [3.05, 3.63) is 59.3 Å². The first kappa shape index (κ1) is 27.0. The minimum Gasteiger partial charge on any atom is -0.493 e. The third-order valence-corrected chi connectivity index (χ3v) is 8.01. The van der Waals surface area contributed by atoms with Crippen LogP contribution in [0.3, 0.4) is 0 Å². The van der Waals surface area contributed by atoms with Crippen LogP contribution in [-0.4, -0.2) is 110 Å². The van der Waals surface area contributed by atoms with Crippen LogP contribution in [0.2, 0.25) is 0 Å². The number of carboxylic acid groups (broad SMARTS) is 1. The van der Waals surface area contributed by atoms with Crippen LogP contribution in [0.15, 0.2) is 42.5 Å². The molecule has 3 aromatic rings. The quantitative estimate of drug-likeness (QED) is 0.276. The number of nitrogens with one attached hydrogen (secondary N) is 1. The van der Waals surface area contributed by atoms with Crippen molar-refractivity contribution in [1.82, 2.24) is 14.8 Å². The number of aromatic amines is 1. The number of likely N-dealkylation sites (N-methyl/N-ethyl adjacent to an activating group) is 1. The minimum absolute atomic E-state index is 0.0537. The number of methoxy groups -OCH3 is 1. The van der Waals surface area contributed by atoms with E-state index in [0.717, 1.165) is 22.2 Å². The molecule has 0 aliphatic carbocycles. The Balaban J connectivity index is 1.40. The second-order valence-corrected chi connectivity index (χ2v) is 10.4. The Morgan fingerprint density at radius 2 is 1.80 bits per heavy atom. The van der Waals surface area contributed by atoms with Crippen molar-refractivity contribution in [2.45, 2.75) is 49.2 Å². The van der Waals surface area contributed by atoms with Gasteiger partial charge in [0.1, 0.15) is 24.4 Å². The van der Waals surface area contributed by atoms with Crippen molar-refractivity contribution >= 4 is 28.7 Å². The molecule has 0 spiro atoms. The zero-order chi connectivity index (χ0) is 29.2. The lowest BCUT2D eigenvalue weighted by Crippen LogP contribution is -2.62. The van der Waals surface area contributed by atoms with Gasteiger partial charge in [0, 0.05) is 30.1 Å². The second-order valence-electron chi connectivity index (χ2n) is 10.4. The van der Waals surface area contributed by atoms with Crippen LogP contribution in [0.4, 0.5) is 0 Å². The zero-order valence-corrected chi connectivity index (χ0v) is 22.1. The summed E-state index contributed by atoms with van der Waals surface area (Å²) in [5, 5.41) is 40.8. The average molecular weight is 568 g/mol. The molecule has 5 N–H and O–H groups in total. The fraction of sp³-hybridized carbons (Fsp3) is 0.393. The highest BCUT2D eigenvalue weighted by Gasteiger charge is 2.49. The number of benzene rings is 2. The third-order valence-electron chi connectivity index (χ3n) is 8.01. The predicted molar refractivity (Wildman–Crippen MR) is 140 cm³/mol. The number of amides is 2. The number of hydrogen-bond acceptors (Lipinski definition) is 9. The summed E-state index contributed by atoms with van der Waals surface area (Å²) < 4.78 is 16.5. The first-order valence-corrected chi connectivity index (χ1v) is 13.0. The van der Waals surface area contributed by atoms with E-state index in [9.17, 15) is 34.8 Å². The standard InChI is InChI=1S/C28H29N3O10/c1-30-11-19(32)31-16(26(30)36)10-14-13-5-3-4-6-15(13)29-20(14)21(31)12-7-8-17(18(9-12)39-2)40-28-24(35)22(33)23(34)25(41-28)27(37)38/h3-9,16,21-25,28-29,33-35H,10-11H2,1-2H3,(H,37,38)/t16?,21-,22+,23+,24-,25+,28-/m1/s1. The molecule has 13 heteroatoms. The van der Waals surface area contributed by atoms with Gasteiger partial charge in [0.2, 0.25) is 18.1 Å². The maximum absolute atomic E-state index is 13.4. The van der Waals surface area contributed by atoms with Gasteiger partial charge in [-0.25, -0.2) is 4.79 Å². The number of aliphatic hydroxyl groups is 3. The summed E-state index contributed by atoms with van der Waals surface area (Å²) in [5.74, 6) is -1.69. The van der Waals surface area contributed by atoms with Gasteiger partial charge in [-0.1, -0.05) is 24.3 Å². The van der Waals surface area contributed by atoms with Gasteiger partial charge < -0.3 is 49.4 Å². The first-order valence-electron chi connectivity index (χ1n) is 13.0. The molecular formula is C28H29N3O10. The predicted octanol–water partition coefficient (Wildman–Crippen LogP) is -0.238. The lowest BCUT2D eigenvalue weighted by Gasteiger charge is -2.46. The number of aromatic nitrogens is 1. The van der Waals surface area contributed by atoms with Crippen molar-refractivity contribution in [3.63, 3.8) is 0 Å². The topological polar surface area (TPSA) is 182 Å². The van der Waals surface area contributed by atoms with Gasteiger partial charge in [-0.15, -0.1) is 0 Å². The van der Waals surface area contributed by atoms with E-state index in [1.165, 1.54) is 18.1 Å². The van der Waals surface area contributed by atoms with Crippen LogP contribution < -0.4 is 9.47 Å². The van der Waals surface area contributed by atoms with Gasteiger partial charge in [-0.05, 0) is 29.3 Å². The monoisotopic (exact) mass is 567 g/mol. The second kappa shape index (κ2) is 10.0. The Hall–Kier alpha value is -4.17. The van der Waals surface area contributed by atoms with E-state index < -0.39 is 48.8 Å². The van der Waals surface area contributed by atoms with E-state index >= 15 is 0 Å². The van der Waals surface area contributed by atoms with E-state index in [2.05, 4.69) is 4.98 Å². The summed E-state index contributed by atoms with van der Waals surface area (Å²) in [6.07, 6.45) is -8.55. The summed E-state index contributed by atoms with van der Waals surface area (Å²) in [6.45, 7) is -0.0600. The third kappa shape index (κ3) is 4.28. The van der Waals surface area contributed by atoms with E-state index in [0.29, 0.717) is 12.0 Å². The molecular weight excluding hydrogens is 538 g/mol. The summed E-state index contributed by atoms with van der Waals surface area (Å²) in [6, 6.07) is 11.2. The van der Waals surface area contributed by atoms with Gasteiger partial charge in [0.25, 0.3) is 0 Å². The number of hydrogen-bond donors (Lipinski definition) is 5. The molecule has 2 amide bonds. The molecule has 13 nitrogen and oxygen atoms in total. The number of carboxylic acids is 1. The van der Waals surface area contributed by atoms with Gasteiger partial charge in [-0.2, -0.15) is 0 Å². The molecule has 2 saturated heterocycles.